The number of likely N-dealkylation sites (tertiary alicyclic amines) is 1. The molecule has 1 aliphatic rings. The summed E-state index contributed by atoms with van der Waals surface area (Å²) in [6.45, 7) is 5.99. The summed E-state index contributed by atoms with van der Waals surface area (Å²) in [4.78, 5) is 7.08. The second kappa shape index (κ2) is 7.19. The first-order chi connectivity index (χ1) is 11.4. The molecule has 2 aromatic rings. The van der Waals surface area contributed by atoms with E-state index >= 15 is 0 Å². The second-order valence-electron chi connectivity index (χ2n) is 7.25. The van der Waals surface area contributed by atoms with E-state index in [4.69, 9.17) is 0 Å². The summed E-state index contributed by atoms with van der Waals surface area (Å²) in [5, 5.41) is 1.22. The standard InChI is InChI=1S/C19H27N3OS/c1-15-4-5-19-18(10-15)11-17(12-20-19)14-22-8-6-16(7-9-22)13-21-24(2,3)23/h4-5,10-12,16H,6-9,13-14H2,1-3H3. The predicted octanol–water partition coefficient (Wildman–Crippen LogP) is 3.48. The molecular formula is C19H27N3OS. The highest BCUT2D eigenvalue weighted by molar-refractivity contribution is 7.92. The van der Waals surface area contributed by atoms with Gasteiger partial charge in [-0.15, -0.1) is 0 Å². The Morgan fingerprint density at radius 3 is 2.71 bits per heavy atom. The molecule has 0 radical (unpaired) electrons. The molecule has 4 nitrogen and oxygen atoms in total. The Hall–Kier alpha value is -1.46. The number of benzene rings is 1. The van der Waals surface area contributed by atoms with Crippen LogP contribution in [-0.2, 0) is 16.3 Å². The van der Waals surface area contributed by atoms with Gasteiger partial charge in [-0.2, -0.15) is 0 Å². The summed E-state index contributed by atoms with van der Waals surface area (Å²) in [5.74, 6) is 0.583. The van der Waals surface area contributed by atoms with Gasteiger partial charge in [0.1, 0.15) is 0 Å². The molecule has 0 N–H and O–H groups in total. The van der Waals surface area contributed by atoms with Gasteiger partial charge in [-0.1, -0.05) is 11.6 Å². The van der Waals surface area contributed by atoms with Crippen molar-refractivity contribution in [3.63, 3.8) is 0 Å². The first-order valence-electron chi connectivity index (χ1n) is 8.59. The molecule has 5 heteroatoms. The largest absolute Gasteiger partial charge is 0.299 e. The van der Waals surface area contributed by atoms with Crippen LogP contribution in [0.1, 0.15) is 24.0 Å². The topological polar surface area (TPSA) is 45.6 Å². The van der Waals surface area contributed by atoms with Crippen molar-refractivity contribution in [2.24, 2.45) is 10.3 Å². The highest BCUT2D eigenvalue weighted by Crippen LogP contribution is 2.21. The van der Waals surface area contributed by atoms with E-state index in [0.29, 0.717) is 5.92 Å². The highest BCUT2D eigenvalue weighted by atomic mass is 32.2. The number of aromatic nitrogens is 1. The van der Waals surface area contributed by atoms with E-state index < -0.39 is 9.73 Å². The molecule has 1 aliphatic heterocycles. The van der Waals surface area contributed by atoms with Gasteiger partial charge in [-0.25, -0.2) is 4.36 Å². The van der Waals surface area contributed by atoms with Gasteiger partial charge in [-0.05, 0) is 62.5 Å². The fourth-order valence-corrected chi connectivity index (χ4v) is 3.82. The number of pyridine rings is 1. The third-order valence-electron chi connectivity index (χ3n) is 4.65. The Labute approximate surface area is 145 Å². The van der Waals surface area contributed by atoms with Gasteiger partial charge in [0.25, 0.3) is 0 Å². The van der Waals surface area contributed by atoms with E-state index in [1.165, 1.54) is 16.5 Å². The molecule has 0 atom stereocenters. The molecule has 0 spiro atoms. The van der Waals surface area contributed by atoms with Crippen molar-refractivity contribution < 1.29 is 4.21 Å². The molecule has 1 fully saturated rings. The van der Waals surface area contributed by atoms with Crippen LogP contribution in [-0.4, -0.2) is 46.2 Å². The SMILES string of the molecule is Cc1ccc2ncc(CN3CCC(CN=S(C)(C)=O)CC3)cc2c1. The maximum atomic E-state index is 11.7. The molecule has 1 aromatic heterocycles. The fraction of sp³-hybridized carbons (Fsp3) is 0.526. The first kappa shape index (κ1) is 17.4. The lowest BCUT2D eigenvalue weighted by Gasteiger charge is -2.31. The highest BCUT2D eigenvalue weighted by Gasteiger charge is 2.19. The Morgan fingerprint density at radius 1 is 1.25 bits per heavy atom. The molecule has 130 valence electrons. The molecule has 1 saturated heterocycles. The molecule has 0 saturated carbocycles. The summed E-state index contributed by atoms with van der Waals surface area (Å²) < 4.78 is 16.0. The average molecular weight is 346 g/mol. The van der Waals surface area contributed by atoms with Crippen molar-refractivity contribution in [2.75, 3.05) is 32.1 Å². The van der Waals surface area contributed by atoms with Gasteiger partial charge >= 0.3 is 0 Å². The monoisotopic (exact) mass is 345 g/mol. The Morgan fingerprint density at radius 2 is 2.00 bits per heavy atom. The minimum Gasteiger partial charge on any atom is -0.299 e. The molecule has 0 aliphatic carbocycles. The average Bonchev–Trinajstić information content (AvgIpc) is 2.53. The number of nitrogens with zero attached hydrogens (tertiary/aromatic N) is 3. The van der Waals surface area contributed by atoms with Crippen molar-refractivity contribution in [3.05, 3.63) is 41.6 Å². The normalized spacial score (nSPS) is 17.3. The smallest absolute Gasteiger partial charge is 0.0702 e. The van der Waals surface area contributed by atoms with Crippen LogP contribution in [0, 0.1) is 12.8 Å². The molecule has 3 rings (SSSR count). The van der Waals surface area contributed by atoms with Crippen molar-refractivity contribution in [1.82, 2.24) is 9.88 Å². The summed E-state index contributed by atoms with van der Waals surface area (Å²) in [6.07, 6.45) is 7.72. The maximum absolute atomic E-state index is 11.7. The van der Waals surface area contributed by atoms with Gasteiger partial charge in [-0.3, -0.25) is 14.1 Å². The van der Waals surface area contributed by atoms with Crippen molar-refractivity contribution in [2.45, 2.75) is 26.3 Å². The van der Waals surface area contributed by atoms with Crippen LogP contribution < -0.4 is 0 Å². The van der Waals surface area contributed by atoms with Crippen molar-refractivity contribution in [3.8, 4) is 0 Å². The number of rotatable bonds is 4. The van der Waals surface area contributed by atoms with Crippen LogP contribution in [0.5, 0.6) is 0 Å². The van der Waals surface area contributed by atoms with E-state index in [2.05, 4.69) is 45.4 Å². The molecule has 2 heterocycles. The Kier molecular flexibility index (Phi) is 5.21. The predicted molar refractivity (Wildman–Crippen MR) is 102 cm³/mol. The van der Waals surface area contributed by atoms with Crippen LogP contribution in [0.3, 0.4) is 0 Å². The lowest BCUT2D eigenvalue weighted by Crippen LogP contribution is -2.34. The van der Waals surface area contributed by atoms with Crippen LogP contribution in [0.4, 0.5) is 0 Å². The van der Waals surface area contributed by atoms with E-state index in [9.17, 15) is 4.21 Å². The van der Waals surface area contributed by atoms with E-state index in [1.807, 2.05) is 6.20 Å². The number of piperidine rings is 1. The van der Waals surface area contributed by atoms with Gasteiger partial charge in [0.15, 0.2) is 0 Å². The number of aryl methyl sites for hydroxylation is 1. The maximum Gasteiger partial charge on any atom is 0.0702 e. The van der Waals surface area contributed by atoms with Gasteiger partial charge < -0.3 is 0 Å². The van der Waals surface area contributed by atoms with Crippen LogP contribution in [0.15, 0.2) is 34.8 Å². The summed E-state index contributed by atoms with van der Waals surface area (Å²) in [5.41, 5.74) is 3.61. The second-order valence-corrected chi connectivity index (χ2v) is 9.87. The third kappa shape index (κ3) is 4.77. The summed E-state index contributed by atoms with van der Waals surface area (Å²) in [6, 6.07) is 8.66. The minimum absolute atomic E-state index is 0.583. The van der Waals surface area contributed by atoms with Crippen LogP contribution in [0.25, 0.3) is 10.9 Å². The molecule has 24 heavy (non-hydrogen) atoms. The Balaban J connectivity index is 1.59. The van der Waals surface area contributed by atoms with Crippen molar-refractivity contribution >= 4 is 20.6 Å². The van der Waals surface area contributed by atoms with E-state index in [-0.39, 0.29) is 0 Å². The minimum atomic E-state index is -1.96. The number of hydrogen-bond acceptors (Lipinski definition) is 4. The molecule has 0 bridgehead atoms. The van der Waals surface area contributed by atoms with Crippen LogP contribution >= 0.6 is 0 Å². The molecule has 1 aromatic carbocycles. The Bertz CT molecular complexity index is 824. The number of hydrogen-bond donors (Lipinski definition) is 0. The van der Waals surface area contributed by atoms with Crippen molar-refractivity contribution in [1.29, 1.82) is 0 Å². The third-order valence-corrected chi connectivity index (χ3v) is 5.42. The zero-order chi connectivity index (χ0) is 17.2. The lowest BCUT2D eigenvalue weighted by molar-refractivity contribution is 0.181. The zero-order valence-corrected chi connectivity index (χ0v) is 15.7. The molecule has 0 unspecified atom stereocenters. The van der Waals surface area contributed by atoms with Crippen LogP contribution in [0.2, 0.25) is 0 Å². The van der Waals surface area contributed by atoms with E-state index in [0.717, 1.165) is 44.5 Å². The summed E-state index contributed by atoms with van der Waals surface area (Å²) in [7, 11) is -1.96. The summed E-state index contributed by atoms with van der Waals surface area (Å²) >= 11 is 0. The van der Waals surface area contributed by atoms with Gasteiger partial charge in [0, 0.05) is 40.4 Å². The van der Waals surface area contributed by atoms with E-state index in [1.54, 1.807) is 12.5 Å². The number of fused-ring (bicyclic) bond motifs is 1. The van der Waals surface area contributed by atoms with Gasteiger partial charge in [0.05, 0.1) is 12.1 Å². The lowest BCUT2D eigenvalue weighted by atomic mass is 9.97. The fourth-order valence-electron chi connectivity index (χ4n) is 3.25. The first-order valence-corrected chi connectivity index (χ1v) is 10.9. The zero-order valence-electron chi connectivity index (χ0n) is 14.9. The molecule has 0 amide bonds. The quantitative estimate of drug-likeness (QED) is 0.852. The van der Waals surface area contributed by atoms with Gasteiger partial charge in [0.2, 0.25) is 0 Å². The molecular weight excluding hydrogens is 318 g/mol.